The van der Waals surface area contributed by atoms with Crippen molar-refractivity contribution >= 4 is 5.91 Å². The lowest BCUT2D eigenvalue weighted by molar-refractivity contribution is -0.125. The number of benzene rings is 1. The Morgan fingerprint density at radius 3 is 2.81 bits per heavy atom. The minimum atomic E-state index is -0.237. The van der Waals surface area contributed by atoms with Crippen molar-refractivity contribution in [2.24, 2.45) is 0 Å². The van der Waals surface area contributed by atoms with E-state index in [1.165, 1.54) is 5.56 Å². The first-order valence-electron chi connectivity index (χ1n) is 9.00. The summed E-state index contributed by atoms with van der Waals surface area (Å²) in [6.45, 7) is 3.93. The second-order valence-corrected chi connectivity index (χ2v) is 6.96. The molecule has 8 heteroatoms. The van der Waals surface area contributed by atoms with Crippen LogP contribution in [0, 0.1) is 6.92 Å². The summed E-state index contributed by atoms with van der Waals surface area (Å²) in [4.78, 5) is 15.1. The molecule has 1 N–H and O–H groups in total. The molecule has 3 heterocycles. The highest BCUT2D eigenvalue weighted by atomic mass is 16.3. The van der Waals surface area contributed by atoms with Crippen LogP contribution in [-0.4, -0.2) is 43.6 Å². The highest BCUT2D eigenvalue weighted by Crippen LogP contribution is 2.28. The maximum absolute atomic E-state index is 12.9. The highest BCUT2D eigenvalue weighted by molar-refractivity contribution is 5.82. The fourth-order valence-corrected chi connectivity index (χ4v) is 3.48. The SMILES string of the molecule is Cc1ccc(CNC(=O)[C@@H]2C[C@H](n3cnnn3)CN2Cc2ccoc2)cc1. The fraction of sp³-hybridized carbons (Fsp3) is 0.368. The van der Waals surface area contributed by atoms with Gasteiger partial charge in [0, 0.05) is 25.2 Å². The molecule has 1 fully saturated rings. The predicted molar refractivity (Wildman–Crippen MR) is 97.4 cm³/mol. The van der Waals surface area contributed by atoms with E-state index >= 15 is 0 Å². The van der Waals surface area contributed by atoms with Gasteiger partial charge in [-0.2, -0.15) is 0 Å². The summed E-state index contributed by atoms with van der Waals surface area (Å²) in [7, 11) is 0. The summed E-state index contributed by atoms with van der Waals surface area (Å²) in [6.07, 6.45) is 5.64. The van der Waals surface area contributed by atoms with Crippen LogP contribution in [0.4, 0.5) is 0 Å². The van der Waals surface area contributed by atoms with Gasteiger partial charge in [-0.25, -0.2) is 4.68 Å². The molecule has 1 aliphatic heterocycles. The number of rotatable bonds is 6. The quantitative estimate of drug-likeness (QED) is 0.714. The number of tetrazole rings is 1. The number of likely N-dealkylation sites (tertiary alicyclic amines) is 1. The summed E-state index contributed by atoms with van der Waals surface area (Å²) in [5.74, 6) is 0.0228. The van der Waals surface area contributed by atoms with Crippen LogP contribution in [0.25, 0.3) is 0 Å². The first-order chi connectivity index (χ1) is 13.2. The molecule has 0 spiro atoms. The molecule has 0 aliphatic carbocycles. The summed E-state index contributed by atoms with van der Waals surface area (Å²) in [5.41, 5.74) is 3.34. The lowest BCUT2D eigenvalue weighted by atomic mass is 10.1. The fourth-order valence-electron chi connectivity index (χ4n) is 3.48. The van der Waals surface area contributed by atoms with Gasteiger partial charge >= 0.3 is 0 Å². The van der Waals surface area contributed by atoms with Crippen molar-refractivity contribution in [1.29, 1.82) is 0 Å². The number of nitrogens with zero attached hydrogens (tertiary/aromatic N) is 5. The second-order valence-electron chi connectivity index (χ2n) is 6.96. The third kappa shape index (κ3) is 4.06. The molecule has 1 aliphatic rings. The van der Waals surface area contributed by atoms with Crippen LogP contribution >= 0.6 is 0 Å². The Kier molecular flexibility index (Phi) is 4.97. The van der Waals surface area contributed by atoms with Gasteiger partial charge in [-0.1, -0.05) is 29.8 Å². The predicted octanol–water partition coefficient (Wildman–Crippen LogP) is 1.71. The van der Waals surface area contributed by atoms with Gasteiger partial charge in [0.05, 0.1) is 24.6 Å². The average molecular weight is 366 g/mol. The van der Waals surface area contributed by atoms with Crippen molar-refractivity contribution in [3.8, 4) is 0 Å². The molecule has 0 bridgehead atoms. The highest BCUT2D eigenvalue weighted by Gasteiger charge is 2.38. The van der Waals surface area contributed by atoms with Crippen LogP contribution in [-0.2, 0) is 17.9 Å². The molecule has 3 aromatic rings. The Morgan fingerprint density at radius 1 is 1.26 bits per heavy atom. The Labute approximate surface area is 157 Å². The molecule has 8 nitrogen and oxygen atoms in total. The van der Waals surface area contributed by atoms with Gasteiger partial charge in [0.15, 0.2) is 0 Å². The molecular weight excluding hydrogens is 344 g/mol. The van der Waals surface area contributed by atoms with E-state index in [2.05, 4.69) is 37.9 Å². The average Bonchev–Trinajstić information content (AvgIpc) is 3.43. The largest absolute Gasteiger partial charge is 0.472 e. The molecule has 0 saturated carbocycles. The number of nitrogens with one attached hydrogen (secondary N) is 1. The van der Waals surface area contributed by atoms with Gasteiger partial charge in [0.2, 0.25) is 5.91 Å². The molecule has 1 saturated heterocycles. The zero-order valence-electron chi connectivity index (χ0n) is 15.2. The van der Waals surface area contributed by atoms with Crippen LogP contribution in [0.2, 0.25) is 0 Å². The van der Waals surface area contributed by atoms with Gasteiger partial charge in [-0.15, -0.1) is 5.10 Å². The van der Waals surface area contributed by atoms with Crippen molar-refractivity contribution in [2.45, 2.75) is 38.5 Å². The number of hydrogen-bond acceptors (Lipinski definition) is 6. The zero-order chi connectivity index (χ0) is 18.6. The number of furan rings is 1. The van der Waals surface area contributed by atoms with E-state index in [4.69, 9.17) is 4.42 Å². The van der Waals surface area contributed by atoms with Crippen molar-refractivity contribution in [3.63, 3.8) is 0 Å². The van der Waals surface area contributed by atoms with E-state index in [-0.39, 0.29) is 18.0 Å². The van der Waals surface area contributed by atoms with E-state index in [1.807, 2.05) is 25.1 Å². The number of aromatic nitrogens is 4. The minimum absolute atomic E-state index is 0.0228. The number of carbonyl (C=O) groups excluding carboxylic acids is 1. The van der Waals surface area contributed by atoms with Gasteiger partial charge in [-0.3, -0.25) is 9.69 Å². The summed E-state index contributed by atoms with van der Waals surface area (Å²) in [5, 5.41) is 14.5. The lowest BCUT2D eigenvalue weighted by Gasteiger charge is -2.22. The van der Waals surface area contributed by atoms with Gasteiger partial charge in [0.25, 0.3) is 0 Å². The molecule has 0 radical (unpaired) electrons. The lowest BCUT2D eigenvalue weighted by Crippen LogP contribution is -2.42. The molecule has 1 aromatic carbocycles. The molecule has 2 atom stereocenters. The van der Waals surface area contributed by atoms with E-state index in [1.54, 1.807) is 23.5 Å². The van der Waals surface area contributed by atoms with Crippen molar-refractivity contribution < 1.29 is 9.21 Å². The Hall–Kier alpha value is -3.00. The van der Waals surface area contributed by atoms with E-state index < -0.39 is 0 Å². The van der Waals surface area contributed by atoms with Crippen LogP contribution in [0.3, 0.4) is 0 Å². The molecular formula is C19H22N6O2. The molecule has 27 heavy (non-hydrogen) atoms. The van der Waals surface area contributed by atoms with Crippen LogP contribution < -0.4 is 5.32 Å². The van der Waals surface area contributed by atoms with Crippen LogP contribution in [0.1, 0.15) is 29.2 Å². The van der Waals surface area contributed by atoms with Gasteiger partial charge < -0.3 is 9.73 Å². The van der Waals surface area contributed by atoms with E-state index in [0.717, 1.165) is 11.1 Å². The Morgan fingerprint density at radius 2 is 2.11 bits per heavy atom. The maximum Gasteiger partial charge on any atom is 0.237 e. The topological polar surface area (TPSA) is 89.1 Å². The number of amides is 1. The second kappa shape index (κ2) is 7.71. The minimum Gasteiger partial charge on any atom is -0.472 e. The van der Waals surface area contributed by atoms with E-state index in [9.17, 15) is 4.79 Å². The van der Waals surface area contributed by atoms with Gasteiger partial charge in [0.1, 0.15) is 6.33 Å². The third-order valence-electron chi connectivity index (χ3n) is 4.98. The number of hydrogen-bond donors (Lipinski definition) is 1. The van der Waals surface area contributed by atoms with E-state index in [0.29, 0.717) is 26.1 Å². The first kappa shape index (κ1) is 17.4. The molecule has 0 unspecified atom stereocenters. The molecule has 140 valence electrons. The maximum atomic E-state index is 12.9. The van der Waals surface area contributed by atoms with Crippen LogP contribution in [0.5, 0.6) is 0 Å². The number of aryl methyl sites for hydroxylation is 1. The Bertz CT molecular complexity index is 860. The number of carbonyl (C=O) groups is 1. The van der Waals surface area contributed by atoms with Crippen molar-refractivity contribution in [3.05, 3.63) is 65.9 Å². The summed E-state index contributed by atoms with van der Waals surface area (Å²) in [6, 6.07) is 9.94. The van der Waals surface area contributed by atoms with Crippen LogP contribution in [0.15, 0.2) is 53.6 Å². The zero-order valence-corrected chi connectivity index (χ0v) is 15.2. The molecule has 4 rings (SSSR count). The summed E-state index contributed by atoms with van der Waals surface area (Å²) < 4.78 is 6.90. The monoisotopic (exact) mass is 366 g/mol. The Balaban J connectivity index is 1.44. The standard InChI is InChI=1S/C19H22N6O2/c1-14-2-4-15(5-3-14)9-20-19(26)18-8-17(25-13-21-22-23-25)11-24(18)10-16-6-7-27-12-16/h2-7,12-13,17-18H,8-11H2,1H3,(H,20,26)/t17-,18-/m0/s1. The summed E-state index contributed by atoms with van der Waals surface area (Å²) >= 11 is 0. The normalized spacial score (nSPS) is 20.0. The molecule has 1 amide bonds. The third-order valence-corrected chi connectivity index (χ3v) is 4.98. The van der Waals surface area contributed by atoms with Crippen molar-refractivity contribution in [2.75, 3.05) is 6.54 Å². The van der Waals surface area contributed by atoms with Crippen molar-refractivity contribution in [1.82, 2.24) is 30.4 Å². The molecule has 2 aromatic heterocycles. The van der Waals surface area contributed by atoms with Gasteiger partial charge in [-0.05, 0) is 35.4 Å². The smallest absolute Gasteiger partial charge is 0.237 e. The first-order valence-corrected chi connectivity index (χ1v) is 9.00.